The zero-order valence-electron chi connectivity index (χ0n) is 6.21. The van der Waals surface area contributed by atoms with Gasteiger partial charge in [0, 0.05) is 0 Å². The molecule has 5 heteroatoms. The summed E-state index contributed by atoms with van der Waals surface area (Å²) in [6, 6.07) is 0. The van der Waals surface area contributed by atoms with Crippen LogP contribution in [-0.4, -0.2) is 44.7 Å². The molecule has 12 heavy (non-hydrogen) atoms. The Balaban J connectivity index is 2.66. The quantitative estimate of drug-likeness (QED) is 0.381. The van der Waals surface area contributed by atoms with Gasteiger partial charge in [-0.15, -0.1) is 0 Å². The molecule has 0 fully saturated rings. The molecule has 0 amide bonds. The summed E-state index contributed by atoms with van der Waals surface area (Å²) in [6.07, 6.45) is -2.89. The molecule has 0 radical (unpaired) electrons. The second-order valence-electron chi connectivity index (χ2n) is 2.74. The number of aliphatic hydroxyl groups excluding tert-OH is 3. The molecule has 4 N–H and O–H groups in total. The van der Waals surface area contributed by atoms with Crippen LogP contribution >= 0.6 is 0 Å². The van der Waals surface area contributed by atoms with Crippen LogP contribution in [0, 0.1) is 0 Å². The highest BCUT2D eigenvalue weighted by molar-refractivity contribution is 5.70. The topological polar surface area (TPSA) is 98.0 Å². The predicted octanol–water partition coefficient (Wildman–Crippen LogP) is -1.52. The van der Waals surface area contributed by atoms with Gasteiger partial charge >= 0.3 is 5.97 Å². The van der Waals surface area contributed by atoms with Crippen LogP contribution < -0.4 is 0 Å². The molecule has 1 rings (SSSR count). The van der Waals surface area contributed by atoms with Gasteiger partial charge in [-0.05, 0) is 5.57 Å². The van der Waals surface area contributed by atoms with E-state index in [-0.39, 0.29) is 12.0 Å². The zero-order valence-corrected chi connectivity index (χ0v) is 6.21. The molecule has 0 heterocycles. The van der Waals surface area contributed by atoms with Crippen molar-refractivity contribution in [3.63, 3.8) is 0 Å². The van der Waals surface area contributed by atoms with Crippen LogP contribution in [0.4, 0.5) is 0 Å². The molecule has 0 bridgehead atoms. The lowest BCUT2D eigenvalue weighted by molar-refractivity contribution is -0.136. The molecule has 0 aliphatic heterocycles. The molecule has 0 unspecified atom stereocenters. The van der Waals surface area contributed by atoms with Crippen LogP contribution in [0.2, 0.25) is 0 Å². The Hall–Kier alpha value is -0.910. The van der Waals surface area contributed by atoms with Crippen LogP contribution in [0.5, 0.6) is 0 Å². The summed E-state index contributed by atoms with van der Waals surface area (Å²) in [4.78, 5) is 10.2. The summed E-state index contributed by atoms with van der Waals surface area (Å²) < 4.78 is 0. The second kappa shape index (κ2) is 3.22. The lowest BCUT2D eigenvalue weighted by Crippen LogP contribution is -2.31. The van der Waals surface area contributed by atoms with Crippen molar-refractivity contribution >= 4 is 5.97 Å². The summed E-state index contributed by atoms with van der Waals surface area (Å²) in [5.41, 5.74) is 0.155. The lowest BCUT2D eigenvalue weighted by Gasteiger charge is -2.12. The molecule has 0 saturated heterocycles. The van der Waals surface area contributed by atoms with Gasteiger partial charge in [-0.3, -0.25) is 4.79 Å². The van der Waals surface area contributed by atoms with Crippen molar-refractivity contribution in [1.29, 1.82) is 0 Å². The van der Waals surface area contributed by atoms with Crippen molar-refractivity contribution in [2.45, 2.75) is 24.7 Å². The Morgan fingerprint density at radius 1 is 1.42 bits per heavy atom. The van der Waals surface area contributed by atoms with Crippen molar-refractivity contribution in [3.05, 3.63) is 11.6 Å². The number of carbonyl (C=O) groups is 1. The third kappa shape index (κ3) is 1.63. The first-order valence-corrected chi connectivity index (χ1v) is 3.49. The predicted molar refractivity (Wildman–Crippen MR) is 38.4 cm³/mol. The van der Waals surface area contributed by atoms with Crippen LogP contribution in [0.1, 0.15) is 6.42 Å². The monoisotopic (exact) mass is 174 g/mol. The third-order valence-corrected chi connectivity index (χ3v) is 1.79. The fourth-order valence-electron chi connectivity index (χ4n) is 1.16. The van der Waals surface area contributed by atoms with E-state index in [1.807, 2.05) is 0 Å². The maximum Gasteiger partial charge on any atom is 0.307 e. The molecule has 3 atom stereocenters. The zero-order chi connectivity index (χ0) is 9.30. The van der Waals surface area contributed by atoms with Gasteiger partial charge in [0.25, 0.3) is 0 Å². The van der Waals surface area contributed by atoms with Crippen molar-refractivity contribution in [1.82, 2.24) is 0 Å². The van der Waals surface area contributed by atoms with E-state index in [1.54, 1.807) is 0 Å². The summed E-state index contributed by atoms with van der Waals surface area (Å²) in [5, 5.41) is 35.5. The SMILES string of the molecule is O=C(O)CC1=C[C@@H](O)[C@@H](O)[C@@H]1O. The fraction of sp³-hybridized carbons (Fsp3) is 0.571. The van der Waals surface area contributed by atoms with Gasteiger partial charge in [0.05, 0.1) is 6.42 Å². The highest BCUT2D eigenvalue weighted by Gasteiger charge is 2.33. The Kier molecular flexibility index (Phi) is 2.46. The van der Waals surface area contributed by atoms with Gasteiger partial charge in [0.2, 0.25) is 0 Å². The first kappa shape index (κ1) is 9.18. The number of rotatable bonds is 2. The number of hydrogen-bond donors (Lipinski definition) is 4. The summed E-state index contributed by atoms with van der Waals surface area (Å²) in [7, 11) is 0. The van der Waals surface area contributed by atoms with E-state index in [1.165, 1.54) is 6.08 Å². The number of aliphatic hydroxyl groups is 3. The van der Waals surface area contributed by atoms with Crippen molar-refractivity contribution < 1.29 is 25.2 Å². The maximum absolute atomic E-state index is 10.2. The first-order chi connectivity index (χ1) is 5.52. The van der Waals surface area contributed by atoms with Crippen LogP contribution in [-0.2, 0) is 4.79 Å². The highest BCUT2D eigenvalue weighted by atomic mass is 16.4. The van der Waals surface area contributed by atoms with Crippen LogP contribution in [0.25, 0.3) is 0 Å². The number of hydrogen-bond acceptors (Lipinski definition) is 4. The molecule has 68 valence electrons. The molecule has 0 aromatic carbocycles. The van der Waals surface area contributed by atoms with E-state index in [0.717, 1.165) is 0 Å². The van der Waals surface area contributed by atoms with E-state index in [4.69, 9.17) is 20.4 Å². The molecule has 0 aromatic rings. The second-order valence-corrected chi connectivity index (χ2v) is 2.74. The van der Waals surface area contributed by atoms with Gasteiger partial charge in [-0.2, -0.15) is 0 Å². The molecule has 0 saturated carbocycles. The van der Waals surface area contributed by atoms with Gasteiger partial charge in [0.15, 0.2) is 0 Å². The summed E-state index contributed by atoms with van der Waals surface area (Å²) >= 11 is 0. The van der Waals surface area contributed by atoms with E-state index in [2.05, 4.69) is 0 Å². The molecule has 5 nitrogen and oxygen atoms in total. The average Bonchev–Trinajstić information content (AvgIpc) is 2.17. The van der Waals surface area contributed by atoms with Crippen LogP contribution in [0.15, 0.2) is 11.6 Å². The molecule has 1 aliphatic carbocycles. The summed E-state index contributed by atoms with van der Waals surface area (Å²) in [5.74, 6) is -1.10. The van der Waals surface area contributed by atoms with Gasteiger partial charge in [0.1, 0.15) is 18.3 Å². The van der Waals surface area contributed by atoms with Crippen molar-refractivity contribution in [2.24, 2.45) is 0 Å². The van der Waals surface area contributed by atoms with Gasteiger partial charge in [-0.25, -0.2) is 0 Å². The van der Waals surface area contributed by atoms with E-state index < -0.39 is 24.3 Å². The number of aliphatic carboxylic acids is 1. The lowest BCUT2D eigenvalue weighted by atomic mass is 10.1. The van der Waals surface area contributed by atoms with E-state index in [9.17, 15) is 4.79 Å². The Bertz CT molecular complexity index is 222. The number of carboxylic acids is 1. The van der Waals surface area contributed by atoms with E-state index >= 15 is 0 Å². The van der Waals surface area contributed by atoms with Gasteiger partial charge < -0.3 is 20.4 Å². The summed E-state index contributed by atoms with van der Waals surface area (Å²) in [6.45, 7) is 0. The van der Waals surface area contributed by atoms with Crippen molar-refractivity contribution in [3.8, 4) is 0 Å². The molecular formula is C7H10O5. The standard InChI is InChI=1S/C7H10O5/c8-4-1-3(2-5(9)10)6(11)7(4)12/h1,4,6-8,11-12H,2H2,(H,9,10)/t4-,6-,7-/m1/s1. The minimum atomic E-state index is -1.29. The Labute approximate surface area is 68.6 Å². The smallest absolute Gasteiger partial charge is 0.307 e. The third-order valence-electron chi connectivity index (χ3n) is 1.79. The highest BCUT2D eigenvalue weighted by Crippen LogP contribution is 2.22. The fourth-order valence-corrected chi connectivity index (χ4v) is 1.16. The minimum absolute atomic E-state index is 0.155. The molecule has 0 spiro atoms. The molecule has 0 aromatic heterocycles. The van der Waals surface area contributed by atoms with Crippen molar-refractivity contribution in [2.75, 3.05) is 0 Å². The van der Waals surface area contributed by atoms with Crippen LogP contribution in [0.3, 0.4) is 0 Å². The molecular weight excluding hydrogens is 164 g/mol. The Morgan fingerprint density at radius 2 is 2.00 bits per heavy atom. The Morgan fingerprint density at radius 3 is 2.33 bits per heavy atom. The maximum atomic E-state index is 10.2. The van der Waals surface area contributed by atoms with E-state index in [0.29, 0.717) is 0 Å². The first-order valence-electron chi connectivity index (χ1n) is 3.49. The van der Waals surface area contributed by atoms with Gasteiger partial charge in [-0.1, -0.05) is 6.08 Å². The largest absolute Gasteiger partial charge is 0.481 e. The molecule has 1 aliphatic rings. The normalized spacial score (nSPS) is 34.9. The average molecular weight is 174 g/mol. The number of carboxylic acid groups (broad SMARTS) is 1. The minimum Gasteiger partial charge on any atom is -0.481 e.